The third-order valence-electron chi connectivity index (χ3n) is 3.08. The summed E-state index contributed by atoms with van der Waals surface area (Å²) >= 11 is 0. The van der Waals surface area contributed by atoms with Crippen LogP contribution >= 0.6 is 0 Å². The second-order valence-electron chi connectivity index (χ2n) is 6.20. The molecule has 0 radical (unpaired) electrons. The van der Waals surface area contributed by atoms with Crippen LogP contribution in [0.5, 0.6) is 0 Å². The third-order valence-corrected chi connectivity index (χ3v) is 3.08. The van der Waals surface area contributed by atoms with Gasteiger partial charge >= 0.3 is 0 Å². The molecule has 1 atom stereocenters. The standard InChI is InChI=1S/C11H25B/c1-9(12)11(5,6)8-7-10(2,3)4/h9H,7-8,12H2,1-6H3. The van der Waals surface area contributed by atoms with Crippen molar-refractivity contribution in [1.82, 2.24) is 0 Å². The summed E-state index contributed by atoms with van der Waals surface area (Å²) in [5.74, 6) is 0.792. The van der Waals surface area contributed by atoms with Crippen LogP contribution in [-0.2, 0) is 0 Å². The molecule has 72 valence electrons. The predicted octanol–water partition coefficient (Wildman–Crippen LogP) is 3.28. The van der Waals surface area contributed by atoms with Crippen molar-refractivity contribution >= 4 is 7.85 Å². The first-order chi connectivity index (χ1) is 5.15. The van der Waals surface area contributed by atoms with Crippen molar-refractivity contribution in [2.24, 2.45) is 10.8 Å². The van der Waals surface area contributed by atoms with Crippen LogP contribution in [0.4, 0.5) is 0 Å². The smallest absolute Gasteiger partial charge is 0.0692 e. The van der Waals surface area contributed by atoms with Crippen LogP contribution < -0.4 is 0 Å². The van der Waals surface area contributed by atoms with E-state index in [1.165, 1.54) is 12.8 Å². The van der Waals surface area contributed by atoms with Crippen LogP contribution in [0.25, 0.3) is 0 Å². The quantitative estimate of drug-likeness (QED) is 0.567. The molecule has 0 bridgehead atoms. The summed E-state index contributed by atoms with van der Waals surface area (Å²) in [5.41, 5.74) is 0.999. The molecule has 1 heteroatoms. The molecule has 0 saturated carbocycles. The molecule has 0 aliphatic heterocycles. The zero-order valence-corrected chi connectivity index (χ0v) is 9.99. The lowest BCUT2D eigenvalue weighted by Crippen LogP contribution is -2.20. The maximum Gasteiger partial charge on any atom is 0.105 e. The normalized spacial score (nSPS) is 16.2. The highest BCUT2D eigenvalue weighted by molar-refractivity contribution is 6.11. The van der Waals surface area contributed by atoms with Crippen molar-refractivity contribution < 1.29 is 0 Å². The topological polar surface area (TPSA) is 0 Å². The Hall–Kier alpha value is 0.0649. The third kappa shape index (κ3) is 4.85. The number of hydrogen-bond donors (Lipinski definition) is 0. The molecule has 0 aromatic carbocycles. The Labute approximate surface area is 79.5 Å². The van der Waals surface area contributed by atoms with Gasteiger partial charge in [0.25, 0.3) is 0 Å². The molecule has 0 amide bonds. The van der Waals surface area contributed by atoms with Crippen molar-refractivity contribution in [3.8, 4) is 0 Å². The highest BCUT2D eigenvalue weighted by atomic mass is 14.3. The van der Waals surface area contributed by atoms with Crippen molar-refractivity contribution in [3.05, 3.63) is 0 Å². The number of hydrogen-bond acceptors (Lipinski definition) is 0. The van der Waals surface area contributed by atoms with Gasteiger partial charge in [-0.05, 0) is 23.7 Å². The van der Waals surface area contributed by atoms with Gasteiger partial charge in [0, 0.05) is 0 Å². The fraction of sp³-hybridized carbons (Fsp3) is 1.00. The molecule has 0 spiro atoms. The molecule has 0 saturated heterocycles. The lowest BCUT2D eigenvalue weighted by molar-refractivity contribution is 0.249. The molecule has 0 aliphatic carbocycles. The van der Waals surface area contributed by atoms with Crippen LogP contribution in [0.3, 0.4) is 0 Å². The number of rotatable bonds is 3. The van der Waals surface area contributed by atoms with Crippen molar-refractivity contribution in [3.63, 3.8) is 0 Å². The van der Waals surface area contributed by atoms with E-state index in [-0.39, 0.29) is 0 Å². The molecule has 0 nitrogen and oxygen atoms in total. The van der Waals surface area contributed by atoms with Gasteiger partial charge in [-0.1, -0.05) is 47.4 Å². The Morgan fingerprint density at radius 1 is 1.00 bits per heavy atom. The van der Waals surface area contributed by atoms with Gasteiger partial charge < -0.3 is 0 Å². The van der Waals surface area contributed by atoms with Crippen LogP contribution in [0, 0.1) is 10.8 Å². The fourth-order valence-corrected chi connectivity index (χ4v) is 0.986. The highest BCUT2D eigenvalue weighted by Gasteiger charge is 2.24. The van der Waals surface area contributed by atoms with Gasteiger partial charge in [0.05, 0.1) is 0 Å². The van der Waals surface area contributed by atoms with Gasteiger partial charge in [0.1, 0.15) is 7.85 Å². The van der Waals surface area contributed by atoms with Gasteiger partial charge in [0.2, 0.25) is 0 Å². The van der Waals surface area contributed by atoms with Crippen molar-refractivity contribution in [2.75, 3.05) is 0 Å². The molecule has 0 rings (SSSR count). The van der Waals surface area contributed by atoms with Crippen LogP contribution in [0.15, 0.2) is 0 Å². The zero-order valence-electron chi connectivity index (χ0n) is 9.99. The van der Waals surface area contributed by atoms with E-state index in [2.05, 4.69) is 49.4 Å². The minimum Gasteiger partial charge on any atom is -0.0692 e. The molecule has 0 N–H and O–H groups in total. The summed E-state index contributed by atoms with van der Waals surface area (Å²) in [4.78, 5) is 0. The summed E-state index contributed by atoms with van der Waals surface area (Å²) in [7, 11) is 2.32. The molecule has 0 fully saturated rings. The minimum atomic E-state index is 0.492. The summed E-state index contributed by atoms with van der Waals surface area (Å²) in [6.45, 7) is 14.0. The summed E-state index contributed by atoms with van der Waals surface area (Å²) in [5, 5.41) is 0. The Morgan fingerprint density at radius 3 is 1.67 bits per heavy atom. The van der Waals surface area contributed by atoms with Gasteiger partial charge in [-0.2, -0.15) is 0 Å². The molecular weight excluding hydrogens is 143 g/mol. The maximum atomic E-state index is 2.38. The lowest BCUT2D eigenvalue weighted by atomic mass is 9.65. The Kier molecular flexibility index (Phi) is 3.87. The first-order valence-corrected chi connectivity index (χ1v) is 5.15. The van der Waals surface area contributed by atoms with Gasteiger partial charge in [-0.15, -0.1) is 0 Å². The van der Waals surface area contributed by atoms with E-state index < -0.39 is 0 Å². The predicted molar refractivity (Wildman–Crippen MR) is 60.4 cm³/mol. The van der Waals surface area contributed by atoms with E-state index in [1.807, 2.05) is 0 Å². The maximum absolute atomic E-state index is 2.38. The van der Waals surface area contributed by atoms with Gasteiger partial charge in [-0.25, -0.2) is 0 Å². The van der Waals surface area contributed by atoms with Crippen LogP contribution in [0.1, 0.15) is 54.4 Å². The van der Waals surface area contributed by atoms with Crippen molar-refractivity contribution in [1.29, 1.82) is 0 Å². The van der Waals surface area contributed by atoms with Crippen LogP contribution in [-0.4, -0.2) is 7.85 Å². The minimum absolute atomic E-state index is 0.492. The summed E-state index contributed by atoms with van der Waals surface area (Å²) < 4.78 is 0. The molecule has 0 heterocycles. The molecular formula is C11H25B. The zero-order chi connectivity index (χ0) is 9.99. The van der Waals surface area contributed by atoms with Crippen LogP contribution in [0.2, 0.25) is 5.82 Å². The van der Waals surface area contributed by atoms with E-state index in [4.69, 9.17) is 0 Å². The van der Waals surface area contributed by atoms with Gasteiger partial charge in [0.15, 0.2) is 0 Å². The Balaban J connectivity index is 3.93. The van der Waals surface area contributed by atoms with Gasteiger partial charge in [-0.3, -0.25) is 0 Å². The lowest BCUT2D eigenvalue weighted by Gasteiger charge is -2.32. The van der Waals surface area contributed by atoms with E-state index in [0.29, 0.717) is 10.8 Å². The Morgan fingerprint density at radius 2 is 1.42 bits per heavy atom. The van der Waals surface area contributed by atoms with E-state index >= 15 is 0 Å². The molecule has 1 unspecified atom stereocenters. The fourth-order valence-electron chi connectivity index (χ4n) is 0.986. The van der Waals surface area contributed by atoms with E-state index in [9.17, 15) is 0 Å². The summed E-state index contributed by atoms with van der Waals surface area (Å²) in [6.07, 6.45) is 2.67. The monoisotopic (exact) mass is 168 g/mol. The van der Waals surface area contributed by atoms with E-state index in [0.717, 1.165) is 5.82 Å². The molecule has 0 aromatic rings. The largest absolute Gasteiger partial charge is 0.105 e. The highest BCUT2D eigenvalue weighted by Crippen LogP contribution is 2.37. The van der Waals surface area contributed by atoms with Crippen molar-refractivity contribution in [2.45, 2.75) is 60.2 Å². The average molecular weight is 168 g/mol. The van der Waals surface area contributed by atoms with E-state index in [1.54, 1.807) is 0 Å². The SMILES string of the molecule is BC(C)C(C)(C)CCC(C)(C)C. The molecule has 12 heavy (non-hydrogen) atoms. The summed E-state index contributed by atoms with van der Waals surface area (Å²) in [6, 6.07) is 0. The Bertz CT molecular complexity index is 128. The first-order valence-electron chi connectivity index (χ1n) is 5.15. The molecule has 0 aliphatic rings. The first kappa shape index (κ1) is 12.1. The molecule has 0 aromatic heterocycles. The second-order valence-corrected chi connectivity index (χ2v) is 6.20. The average Bonchev–Trinajstić information content (AvgIpc) is 1.82. The second kappa shape index (κ2) is 3.85.